The van der Waals surface area contributed by atoms with Crippen LogP contribution < -0.4 is 10.6 Å². The minimum atomic E-state index is -0.353. The Morgan fingerprint density at radius 3 is 2.90 bits per heavy atom. The summed E-state index contributed by atoms with van der Waals surface area (Å²) in [4.78, 5) is 2.09. The van der Waals surface area contributed by atoms with Crippen LogP contribution in [0.5, 0.6) is 0 Å². The lowest BCUT2D eigenvalue weighted by Crippen LogP contribution is -2.26. The summed E-state index contributed by atoms with van der Waals surface area (Å²) in [6.45, 7) is 3.94. The van der Waals surface area contributed by atoms with Crippen molar-refractivity contribution in [2.24, 2.45) is 16.8 Å². The van der Waals surface area contributed by atoms with E-state index in [2.05, 4.69) is 32.9 Å². The molecule has 1 fully saturated rings. The topological polar surface area (TPSA) is 61.8 Å². The first-order valence-corrected chi connectivity index (χ1v) is 8.08. The van der Waals surface area contributed by atoms with Crippen LogP contribution in [-0.4, -0.2) is 24.1 Å². The first kappa shape index (κ1) is 16.1. The first-order chi connectivity index (χ1) is 10.1. The Morgan fingerprint density at radius 2 is 2.24 bits per heavy atom. The van der Waals surface area contributed by atoms with E-state index in [-0.39, 0.29) is 16.1 Å². The minimum Gasteiger partial charge on any atom is -0.409 e. The first-order valence-electron chi connectivity index (χ1n) is 7.29. The van der Waals surface area contributed by atoms with Crippen molar-refractivity contribution >= 4 is 27.5 Å². The second-order valence-electron chi connectivity index (χ2n) is 5.44. The molecule has 1 aliphatic rings. The van der Waals surface area contributed by atoms with Gasteiger partial charge in [0, 0.05) is 18.7 Å². The summed E-state index contributed by atoms with van der Waals surface area (Å²) in [5, 5.41) is 11.6. The van der Waals surface area contributed by atoms with Gasteiger partial charge in [0.05, 0.1) is 10.2 Å². The van der Waals surface area contributed by atoms with E-state index >= 15 is 0 Å². The predicted molar refractivity (Wildman–Crippen MR) is 86.5 cm³/mol. The molecule has 21 heavy (non-hydrogen) atoms. The normalized spacial score (nSPS) is 20.4. The van der Waals surface area contributed by atoms with Crippen LogP contribution in [0, 0.1) is 11.7 Å². The van der Waals surface area contributed by atoms with Crippen molar-refractivity contribution in [3.8, 4) is 0 Å². The van der Waals surface area contributed by atoms with E-state index in [9.17, 15) is 4.39 Å². The Kier molecular flexibility index (Phi) is 5.45. The maximum atomic E-state index is 14.6. The summed E-state index contributed by atoms with van der Waals surface area (Å²) >= 11 is 3.21. The van der Waals surface area contributed by atoms with E-state index in [0.717, 1.165) is 31.8 Å². The highest BCUT2D eigenvalue weighted by atomic mass is 79.9. The second-order valence-corrected chi connectivity index (χ2v) is 6.23. The Hall–Kier alpha value is -1.30. The largest absolute Gasteiger partial charge is 0.409 e. The molecule has 1 saturated heterocycles. The van der Waals surface area contributed by atoms with Crippen LogP contribution in [0.25, 0.3) is 0 Å². The van der Waals surface area contributed by atoms with Gasteiger partial charge < -0.3 is 15.8 Å². The average molecular weight is 358 g/mol. The molecule has 0 bridgehead atoms. The number of benzene rings is 1. The number of hydrogen-bond acceptors (Lipinski definition) is 3. The summed E-state index contributed by atoms with van der Waals surface area (Å²) in [7, 11) is 0. The van der Waals surface area contributed by atoms with Gasteiger partial charge in [-0.2, -0.15) is 0 Å². The van der Waals surface area contributed by atoms with Crippen molar-refractivity contribution < 1.29 is 9.60 Å². The smallest absolute Gasteiger partial charge is 0.171 e. The maximum absolute atomic E-state index is 14.6. The van der Waals surface area contributed by atoms with E-state index in [4.69, 9.17) is 10.9 Å². The molecule has 2 rings (SSSR count). The second kappa shape index (κ2) is 7.11. The van der Waals surface area contributed by atoms with Crippen LogP contribution in [0.15, 0.2) is 21.8 Å². The molecule has 116 valence electrons. The highest BCUT2D eigenvalue weighted by molar-refractivity contribution is 9.10. The molecular formula is C15H21BrFN3O. The fraction of sp³-hybridized carbons (Fsp3) is 0.533. The molecule has 1 aromatic carbocycles. The number of amidine groups is 1. The van der Waals surface area contributed by atoms with Gasteiger partial charge in [0.25, 0.3) is 0 Å². The van der Waals surface area contributed by atoms with Crippen LogP contribution in [0.3, 0.4) is 0 Å². The van der Waals surface area contributed by atoms with Gasteiger partial charge >= 0.3 is 0 Å². The highest BCUT2D eigenvalue weighted by Gasteiger charge is 2.21. The monoisotopic (exact) mass is 357 g/mol. The molecule has 0 aromatic heterocycles. The van der Waals surface area contributed by atoms with Crippen molar-refractivity contribution in [2.45, 2.75) is 32.6 Å². The highest BCUT2D eigenvalue weighted by Crippen LogP contribution is 2.32. The van der Waals surface area contributed by atoms with Gasteiger partial charge in [-0.1, -0.05) is 18.5 Å². The molecule has 0 spiro atoms. The molecule has 1 aliphatic heterocycles. The van der Waals surface area contributed by atoms with Gasteiger partial charge in [-0.05, 0) is 53.2 Å². The van der Waals surface area contributed by atoms with Gasteiger partial charge in [-0.25, -0.2) is 4.39 Å². The van der Waals surface area contributed by atoms with Gasteiger partial charge in [0.15, 0.2) is 11.7 Å². The summed E-state index contributed by atoms with van der Waals surface area (Å²) in [5.74, 6) is 0.279. The molecule has 1 unspecified atom stereocenters. The number of nitrogens with two attached hydrogens (primary N) is 1. The molecule has 6 heteroatoms. The zero-order valence-corrected chi connectivity index (χ0v) is 13.7. The summed E-state index contributed by atoms with van der Waals surface area (Å²) in [6.07, 6.45) is 4.56. The van der Waals surface area contributed by atoms with Gasteiger partial charge in [-0.15, -0.1) is 0 Å². The third-order valence-corrected chi connectivity index (χ3v) is 4.99. The van der Waals surface area contributed by atoms with Gasteiger partial charge in [0.1, 0.15) is 0 Å². The van der Waals surface area contributed by atoms with Crippen LogP contribution in [-0.2, 0) is 0 Å². The summed E-state index contributed by atoms with van der Waals surface area (Å²) < 4.78 is 14.8. The summed E-state index contributed by atoms with van der Waals surface area (Å²) in [6, 6.07) is 3.39. The molecule has 0 amide bonds. The van der Waals surface area contributed by atoms with Crippen molar-refractivity contribution in [2.75, 3.05) is 18.0 Å². The SMILES string of the molecule is CCC1CCCN(c2ccc(/C(N)=N/O)c(Br)c2F)CC1. The molecule has 3 N–H and O–H groups in total. The third-order valence-electron chi connectivity index (χ3n) is 4.21. The van der Waals surface area contributed by atoms with E-state index in [1.807, 2.05) is 0 Å². The van der Waals surface area contributed by atoms with Crippen LogP contribution in [0.2, 0.25) is 0 Å². The van der Waals surface area contributed by atoms with Crippen LogP contribution in [0.1, 0.15) is 38.2 Å². The van der Waals surface area contributed by atoms with E-state index in [0.29, 0.717) is 11.3 Å². The van der Waals surface area contributed by atoms with E-state index < -0.39 is 0 Å². The Bertz CT molecular complexity index is 536. The number of halogens is 2. The Labute approximate surface area is 132 Å². The molecule has 0 aliphatic carbocycles. The number of anilines is 1. The lowest BCUT2D eigenvalue weighted by molar-refractivity contribution is 0.318. The number of rotatable bonds is 3. The van der Waals surface area contributed by atoms with Crippen molar-refractivity contribution in [3.63, 3.8) is 0 Å². The van der Waals surface area contributed by atoms with Crippen LogP contribution in [0.4, 0.5) is 10.1 Å². The van der Waals surface area contributed by atoms with Gasteiger partial charge in [0.2, 0.25) is 0 Å². The molecule has 1 aromatic rings. The van der Waals surface area contributed by atoms with E-state index in [1.54, 1.807) is 12.1 Å². The molecule has 0 saturated carbocycles. The van der Waals surface area contributed by atoms with Crippen molar-refractivity contribution in [1.82, 2.24) is 0 Å². The standard InChI is InChI=1S/C15H21BrFN3O/c1-2-10-4-3-8-20(9-7-10)12-6-5-11(15(18)19-21)13(16)14(12)17/h5-6,10,21H,2-4,7-9H2,1H3,(H2,18,19). The molecule has 4 nitrogen and oxygen atoms in total. The molecule has 1 heterocycles. The fourth-order valence-corrected chi connectivity index (χ4v) is 3.39. The third kappa shape index (κ3) is 3.48. The van der Waals surface area contributed by atoms with Crippen molar-refractivity contribution in [3.05, 3.63) is 28.0 Å². The lowest BCUT2D eigenvalue weighted by atomic mass is 9.98. The molecule has 1 atom stereocenters. The average Bonchev–Trinajstić information content (AvgIpc) is 2.74. The zero-order valence-electron chi connectivity index (χ0n) is 12.1. The molecule has 0 radical (unpaired) electrons. The Morgan fingerprint density at radius 1 is 1.48 bits per heavy atom. The fourth-order valence-electron chi connectivity index (χ4n) is 2.85. The Balaban J connectivity index is 2.26. The predicted octanol–water partition coefficient (Wildman–Crippen LogP) is 3.70. The molecular weight excluding hydrogens is 337 g/mol. The van der Waals surface area contributed by atoms with Gasteiger partial charge in [-0.3, -0.25) is 0 Å². The van der Waals surface area contributed by atoms with Crippen LogP contribution >= 0.6 is 15.9 Å². The summed E-state index contributed by atoms with van der Waals surface area (Å²) in [5.41, 5.74) is 6.48. The number of oxime groups is 1. The van der Waals surface area contributed by atoms with E-state index in [1.165, 1.54) is 12.8 Å². The number of hydrogen-bond donors (Lipinski definition) is 2. The maximum Gasteiger partial charge on any atom is 0.171 e. The quantitative estimate of drug-likeness (QED) is 0.375. The van der Waals surface area contributed by atoms with Crippen molar-refractivity contribution in [1.29, 1.82) is 0 Å². The lowest BCUT2D eigenvalue weighted by Gasteiger charge is -2.24. The zero-order chi connectivity index (χ0) is 15.4. The number of nitrogens with zero attached hydrogens (tertiary/aromatic N) is 2. The minimum absolute atomic E-state index is 0.103.